The molecule has 1 fully saturated rings. The average Bonchev–Trinajstić information content (AvgIpc) is 2.52. The van der Waals surface area contributed by atoms with Gasteiger partial charge in [-0.05, 0) is 43.7 Å². The van der Waals surface area contributed by atoms with Crippen LogP contribution in [0.3, 0.4) is 0 Å². The van der Waals surface area contributed by atoms with Crippen LogP contribution in [0.25, 0.3) is 0 Å². The smallest absolute Gasteiger partial charge is 0.0735 e. The predicted molar refractivity (Wildman–Crippen MR) is 84.7 cm³/mol. The van der Waals surface area contributed by atoms with E-state index in [4.69, 9.17) is 4.74 Å². The van der Waals surface area contributed by atoms with Crippen molar-refractivity contribution in [2.24, 2.45) is 5.92 Å². The molecule has 0 bridgehead atoms. The summed E-state index contributed by atoms with van der Waals surface area (Å²) in [6.07, 6.45) is 6.68. The second kappa shape index (κ2) is 8.43. The molecule has 112 valence electrons. The number of nitrogens with one attached hydrogen (secondary N) is 1. The highest BCUT2D eigenvalue weighted by molar-refractivity contribution is 5.13. The highest BCUT2D eigenvalue weighted by Gasteiger charge is 2.29. The van der Waals surface area contributed by atoms with E-state index in [2.05, 4.69) is 49.5 Å². The maximum absolute atomic E-state index is 6.25. The van der Waals surface area contributed by atoms with Gasteiger partial charge in [0.15, 0.2) is 0 Å². The van der Waals surface area contributed by atoms with Gasteiger partial charge in [0, 0.05) is 6.04 Å². The highest BCUT2D eigenvalue weighted by atomic mass is 16.5. The minimum absolute atomic E-state index is 0.375. The van der Waals surface area contributed by atoms with Crippen LogP contribution in [0.15, 0.2) is 30.3 Å². The number of rotatable bonds is 7. The monoisotopic (exact) mass is 275 g/mol. The van der Waals surface area contributed by atoms with Gasteiger partial charge >= 0.3 is 0 Å². The lowest BCUT2D eigenvalue weighted by Crippen LogP contribution is -2.45. The van der Waals surface area contributed by atoms with Crippen molar-refractivity contribution in [1.29, 1.82) is 0 Å². The molecule has 0 heterocycles. The summed E-state index contributed by atoms with van der Waals surface area (Å²) in [7, 11) is 0. The standard InChI is InChI=1S/C18H29NO/c1-3-12-19-17-11-10-15(4-2)13-18(17)20-14-16-8-6-5-7-9-16/h5-9,15,17-19H,3-4,10-14H2,1-2H3. The summed E-state index contributed by atoms with van der Waals surface area (Å²) in [5.74, 6) is 0.843. The van der Waals surface area contributed by atoms with Gasteiger partial charge in [-0.1, -0.05) is 50.6 Å². The van der Waals surface area contributed by atoms with Crippen molar-refractivity contribution < 1.29 is 4.74 Å². The second-order valence-corrected chi connectivity index (χ2v) is 5.98. The van der Waals surface area contributed by atoms with E-state index in [0.717, 1.165) is 19.1 Å². The van der Waals surface area contributed by atoms with E-state index < -0.39 is 0 Å². The summed E-state index contributed by atoms with van der Waals surface area (Å²) < 4.78 is 6.25. The van der Waals surface area contributed by atoms with Crippen LogP contribution >= 0.6 is 0 Å². The minimum Gasteiger partial charge on any atom is -0.372 e. The third-order valence-electron chi connectivity index (χ3n) is 4.44. The summed E-state index contributed by atoms with van der Waals surface area (Å²) in [6, 6.07) is 11.1. The fourth-order valence-electron chi connectivity index (χ4n) is 3.11. The van der Waals surface area contributed by atoms with Crippen molar-refractivity contribution in [2.75, 3.05) is 6.54 Å². The van der Waals surface area contributed by atoms with E-state index in [9.17, 15) is 0 Å². The molecule has 3 unspecified atom stereocenters. The van der Waals surface area contributed by atoms with Crippen molar-refractivity contribution in [3.05, 3.63) is 35.9 Å². The lowest BCUT2D eigenvalue weighted by Gasteiger charge is -2.36. The van der Waals surface area contributed by atoms with Gasteiger partial charge in [-0.15, -0.1) is 0 Å². The Bertz CT molecular complexity index is 365. The molecule has 3 atom stereocenters. The molecule has 0 amide bonds. The number of hydrogen-bond donors (Lipinski definition) is 1. The first-order valence-electron chi connectivity index (χ1n) is 8.22. The van der Waals surface area contributed by atoms with Crippen LogP contribution in [-0.4, -0.2) is 18.7 Å². The topological polar surface area (TPSA) is 21.3 Å². The molecular formula is C18H29NO. The Balaban J connectivity index is 1.88. The van der Waals surface area contributed by atoms with Crippen LogP contribution in [-0.2, 0) is 11.3 Å². The van der Waals surface area contributed by atoms with Crippen molar-refractivity contribution in [3.8, 4) is 0 Å². The van der Waals surface area contributed by atoms with Crippen molar-refractivity contribution in [2.45, 2.75) is 64.7 Å². The maximum Gasteiger partial charge on any atom is 0.0735 e. The fraction of sp³-hybridized carbons (Fsp3) is 0.667. The molecule has 1 aromatic rings. The van der Waals surface area contributed by atoms with Gasteiger partial charge in [0.1, 0.15) is 0 Å². The Kier molecular flexibility index (Phi) is 6.55. The molecule has 0 saturated heterocycles. The lowest BCUT2D eigenvalue weighted by atomic mass is 9.82. The summed E-state index contributed by atoms with van der Waals surface area (Å²) in [5, 5.41) is 3.68. The van der Waals surface area contributed by atoms with E-state index in [0.29, 0.717) is 12.1 Å². The molecule has 1 N–H and O–H groups in total. The minimum atomic E-state index is 0.375. The molecule has 1 aliphatic rings. The molecule has 0 radical (unpaired) electrons. The summed E-state index contributed by atoms with van der Waals surface area (Å²) in [6.45, 7) is 6.38. The van der Waals surface area contributed by atoms with Crippen molar-refractivity contribution >= 4 is 0 Å². The fourth-order valence-corrected chi connectivity index (χ4v) is 3.11. The van der Waals surface area contributed by atoms with Crippen LogP contribution in [0.4, 0.5) is 0 Å². The predicted octanol–water partition coefficient (Wildman–Crippen LogP) is 4.15. The summed E-state index contributed by atoms with van der Waals surface area (Å²) in [4.78, 5) is 0. The summed E-state index contributed by atoms with van der Waals surface area (Å²) in [5.41, 5.74) is 1.28. The van der Waals surface area contributed by atoms with Gasteiger partial charge < -0.3 is 10.1 Å². The SMILES string of the molecule is CCCNC1CCC(CC)CC1OCc1ccccc1. The first-order chi connectivity index (χ1) is 9.83. The molecular weight excluding hydrogens is 246 g/mol. The number of ether oxygens (including phenoxy) is 1. The molecule has 1 aromatic carbocycles. The van der Waals surface area contributed by atoms with E-state index in [1.165, 1.54) is 37.7 Å². The van der Waals surface area contributed by atoms with E-state index in [1.807, 2.05) is 0 Å². The quantitative estimate of drug-likeness (QED) is 0.807. The largest absolute Gasteiger partial charge is 0.372 e. The Hall–Kier alpha value is -0.860. The molecule has 2 heteroatoms. The van der Waals surface area contributed by atoms with Gasteiger partial charge in [0.05, 0.1) is 12.7 Å². The zero-order chi connectivity index (χ0) is 14.2. The third kappa shape index (κ3) is 4.60. The Morgan fingerprint density at radius 1 is 1.15 bits per heavy atom. The second-order valence-electron chi connectivity index (χ2n) is 5.98. The highest BCUT2D eigenvalue weighted by Crippen LogP contribution is 2.29. The van der Waals surface area contributed by atoms with Gasteiger partial charge in [0.2, 0.25) is 0 Å². The number of hydrogen-bond acceptors (Lipinski definition) is 2. The molecule has 1 saturated carbocycles. The van der Waals surface area contributed by atoms with Gasteiger partial charge in [-0.3, -0.25) is 0 Å². The molecule has 2 rings (SSSR count). The van der Waals surface area contributed by atoms with Crippen LogP contribution in [0, 0.1) is 5.92 Å². The molecule has 2 nitrogen and oxygen atoms in total. The Labute approximate surface area is 123 Å². The van der Waals surface area contributed by atoms with E-state index >= 15 is 0 Å². The summed E-state index contributed by atoms with van der Waals surface area (Å²) >= 11 is 0. The van der Waals surface area contributed by atoms with Gasteiger partial charge in [-0.25, -0.2) is 0 Å². The van der Waals surface area contributed by atoms with Crippen LogP contribution in [0.5, 0.6) is 0 Å². The first kappa shape index (κ1) is 15.5. The van der Waals surface area contributed by atoms with Gasteiger partial charge in [-0.2, -0.15) is 0 Å². The zero-order valence-electron chi connectivity index (χ0n) is 13.0. The van der Waals surface area contributed by atoms with E-state index in [-0.39, 0.29) is 0 Å². The number of benzene rings is 1. The Morgan fingerprint density at radius 2 is 1.95 bits per heavy atom. The molecule has 20 heavy (non-hydrogen) atoms. The maximum atomic E-state index is 6.25. The zero-order valence-corrected chi connectivity index (χ0v) is 13.0. The normalized spacial score (nSPS) is 26.6. The average molecular weight is 275 g/mol. The lowest BCUT2D eigenvalue weighted by molar-refractivity contribution is -0.0202. The van der Waals surface area contributed by atoms with E-state index in [1.54, 1.807) is 0 Å². The van der Waals surface area contributed by atoms with Crippen molar-refractivity contribution in [1.82, 2.24) is 5.32 Å². The van der Waals surface area contributed by atoms with Crippen LogP contribution in [0.2, 0.25) is 0 Å². The molecule has 0 aliphatic heterocycles. The van der Waals surface area contributed by atoms with Crippen LogP contribution in [0.1, 0.15) is 51.5 Å². The third-order valence-corrected chi connectivity index (χ3v) is 4.44. The molecule has 1 aliphatic carbocycles. The Morgan fingerprint density at radius 3 is 2.65 bits per heavy atom. The van der Waals surface area contributed by atoms with Gasteiger partial charge in [0.25, 0.3) is 0 Å². The first-order valence-corrected chi connectivity index (χ1v) is 8.22. The molecule has 0 aromatic heterocycles. The molecule has 0 spiro atoms. The van der Waals surface area contributed by atoms with Crippen LogP contribution < -0.4 is 5.32 Å². The van der Waals surface area contributed by atoms with Crippen molar-refractivity contribution in [3.63, 3.8) is 0 Å².